The predicted molar refractivity (Wildman–Crippen MR) is 77.8 cm³/mol. The van der Waals surface area contributed by atoms with Crippen LogP contribution in [0.1, 0.15) is 34.4 Å². The molecule has 3 heterocycles. The van der Waals surface area contributed by atoms with Crippen LogP contribution in [0.15, 0.2) is 24.4 Å². The number of hydrogen-bond acceptors (Lipinski definition) is 5. The van der Waals surface area contributed by atoms with Crippen molar-refractivity contribution >= 4 is 11.8 Å². The van der Waals surface area contributed by atoms with Crippen molar-refractivity contribution < 1.29 is 32.5 Å². The van der Waals surface area contributed by atoms with Gasteiger partial charge in [0.05, 0.1) is 12.2 Å². The molecule has 2 aromatic rings. The fraction of sp³-hybridized carbons (Fsp3) is 0.333. The number of alkyl halides is 3. The van der Waals surface area contributed by atoms with Gasteiger partial charge in [-0.05, 0) is 17.7 Å². The lowest BCUT2D eigenvalue weighted by molar-refractivity contribution is -0.173. The van der Waals surface area contributed by atoms with Crippen molar-refractivity contribution in [2.75, 3.05) is 12.1 Å². The van der Waals surface area contributed by atoms with Gasteiger partial charge in [0, 0.05) is 6.42 Å². The van der Waals surface area contributed by atoms with Crippen LogP contribution >= 0.6 is 0 Å². The van der Waals surface area contributed by atoms with Gasteiger partial charge in [0.1, 0.15) is 11.4 Å². The molecule has 2 N–H and O–H groups in total. The summed E-state index contributed by atoms with van der Waals surface area (Å²) in [5.41, 5.74) is 0.238. The molecule has 2 aliphatic rings. The number of aromatic nitrogens is 2. The zero-order chi connectivity index (χ0) is 17.8. The van der Waals surface area contributed by atoms with Crippen LogP contribution in [0.4, 0.5) is 19.0 Å². The maximum Gasteiger partial charge on any atom is 0.410 e. The lowest BCUT2D eigenvalue weighted by Crippen LogP contribution is -2.36. The number of ether oxygens (including phenoxy) is 2. The molecular weight excluding hydrogens is 343 g/mol. The van der Waals surface area contributed by atoms with E-state index in [1.54, 1.807) is 18.2 Å². The molecule has 4 rings (SSSR count). The second kappa shape index (κ2) is 5.30. The number of aromatic carboxylic acids is 1. The predicted octanol–water partition coefficient (Wildman–Crippen LogP) is 2.97. The smallest absolute Gasteiger partial charge is 0.410 e. The van der Waals surface area contributed by atoms with E-state index in [-0.39, 0.29) is 24.6 Å². The monoisotopic (exact) mass is 355 g/mol. The summed E-state index contributed by atoms with van der Waals surface area (Å²) in [6.45, 7) is 0.0536. The molecule has 1 aromatic carbocycles. The molecule has 2 atom stereocenters. The minimum Gasteiger partial charge on any atom is -0.477 e. The maximum atomic E-state index is 13.5. The first-order chi connectivity index (χ1) is 11.8. The lowest BCUT2D eigenvalue weighted by atomic mass is 9.96. The Morgan fingerprint density at radius 3 is 2.80 bits per heavy atom. The fourth-order valence-corrected chi connectivity index (χ4v) is 3.07. The van der Waals surface area contributed by atoms with Gasteiger partial charge in [-0.3, -0.25) is 0 Å². The van der Waals surface area contributed by atoms with Crippen molar-refractivity contribution in [1.29, 1.82) is 0 Å². The Labute approximate surface area is 139 Å². The quantitative estimate of drug-likeness (QED) is 0.861. The highest BCUT2D eigenvalue weighted by molar-refractivity contribution is 5.93. The molecule has 0 spiro atoms. The Balaban J connectivity index is 1.76. The Bertz CT molecular complexity index is 849. The van der Waals surface area contributed by atoms with Gasteiger partial charge >= 0.3 is 12.1 Å². The zero-order valence-corrected chi connectivity index (χ0v) is 12.6. The molecule has 0 amide bonds. The van der Waals surface area contributed by atoms with E-state index in [1.165, 1.54) is 0 Å². The van der Waals surface area contributed by atoms with E-state index in [4.69, 9.17) is 9.47 Å². The summed E-state index contributed by atoms with van der Waals surface area (Å²) < 4.78 is 51.5. The highest BCUT2D eigenvalue weighted by Crippen LogP contribution is 2.45. The number of halogens is 3. The number of rotatable bonds is 2. The Morgan fingerprint density at radius 2 is 2.08 bits per heavy atom. The Hall–Kier alpha value is -2.91. The first-order valence-electron chi connectivity index (χ1n) is 7.38. The van der Waals surface area contributed by atoms with E-state index in [9.17, 15) is 23.1 Å². The van der Waals surface area contributed by atoms with Crippen molar-refractivity contribution in [3.05, 3.63) is 35.5 Å². The first kappa shape index (κ1) is 15.6. The molecule has 0 radical (unpaired) electrons. The van der Waals surface area contributed by atoms with Crippen molar-refractivity contribution in [3.63, 3.8) is 0 Å². The highest BCUT2D eigenvalue weighted by Gasteiger charge is 2.47. The van der Waals surface area contributed by atoms with Gasteiger partial charge in [0.15, 0.2) is 17.5 Å². The molecule has 0 bridgehead atoms. The second-order valence-electron chi connectivity index (χ2n) is 5.76. The molecule has 0 saturated heterocycles. The van der Waals surface area contributed by atoms with Gasteiger partial charge < -0.3 is 19.9 Å². The second-order valence-corrected chi connectivity index (χ2v) is 5.76. The molecule has 10 heteroatoms. The fourth-order valence-electron chi connectivity index (χ4n) is 3.07. The molecule has 0 unspecified atom stereocenters. The average Bonchev–Trinajstić information content (AvgIpc) is 3.18. The van der Waals surface area contributed by atoms with E-state index in [1.807, 2.05) is 0 Å². The Kier molecular flexibility index (Phi) is 3.31. The topological polar surface area (TPSA) is 85.6 Å². The van der Waals surface area contributed by atoms with E-state index in [0.29, 0.717) is 21.7 Å². The molecule has 1 aromatic heterocycles. The molecule has 25 heavy (non-hydrogen) atoms. The van der Waals surface area contributed by atoms with Crippen LogP contribution in [0.25, 0.3) is 0 Å². The largest absolute Gasteiger partial charge is 0.477 e. The van der Waals surface area contributed by atoms with E-state index in [0.717, 1.165) is 6.20 Å². The van der Waals surface area contributed by atoms with Gasteiger partial charge in [-0.1, -0.05) is 6.07 Å². The molecule has 132 valence electrons. The number of fused-ring (bicyclic) bond motifs is 2. The van der Waals surface area contributed by atoms with Crippen molar-refractivity contribution in [3.8, 4) is 11.5 Å². The van der Waals surface area contributed by atoms with E-state index < -0.39 is 24.2 Å². The Morgan fingerprint density at radius 1 is 1.32 bits per heavy atom. The molecule has 0 aliphatic carbocycles. The third-order valence-electron chi connectivity index (χ3n) is 4.27. The summed E-state index contributed by atoms with van der Waals surface area (Å²) in [6, 6.07) is 2.17. The van der Waals surface area contributed by atoms with Gasteiger partial charge in [-0.2, -0.15) is 18.3 Å². The SMILES string of the molecule is O=C(O)c1cnn2c1N[C@@H](c1ccc3c(c1)OCO3)C[C@H]2C(F)(F)F. The van der Waals surface area contributed by atoms with Crippen LogP contribution < -0.4 is 14.8 Å². The molecular formula is C15H12F3N3O4. The first-order valence-corrected chi connectivity index (χ1v) is 7.38. The number of nitrogens with zero attached hydrogens (tertiary/aromatic N) is 2. The number of carbonyl (C=O) groups is 1. The lowest BCUT2D eigenvalue weighted by Gasteiger charge is -2.33. The summed E-state index contributed by atoms with van der Waals surface area (Å²) >= 11 is 0. The minimum absolute atomic E-state index is 0.0536. The third-order valence-corrected chi connectivity index (χ3v) is 4.27. The number of carboxylic acid groups (broad SMARTS) is 1. The van der Waals surface area contributed by atoms with Crippen LogP contribution in [0.2, 0.25) is 0 Å². The van der Waals surface area contributed by atoms with E-state index >= 15 is 0 Å². The van der Waals surface area contributed by atoms with Crippen molar-refractivity contribution in [2.24, 2.45) is 0 Å². The number of carboxylic acids is 1. The van der Waals surface area contributed by atoms with Gasteiger partial charge in [0.25, 0.3) is 0 Å². The number of benzene rings is 1. The van der Waals surface area contributed by atoms with Gasteiger partial charge in [-0.15, -0.1) is 0 Å². The molecule has 0 saturated carbocycles. The van der Waals surface area contributed by atoms with Crippen LogP contribution in [0, 0.1) is 0 Å². The van der Waals surface area contributed by atoms with Gasteiger partial charge in [0.2, 0.25) is 6.79 Å². The standard InChI is InChI=1S/C15H12F3N3O4/c16-15(17,18)12-4-9(7-1-2-10-11(3-7)25-6-24-10)20-13-8(14(22)23)5-19-21(12)13/h1-3,5,9,12,20H,4,6H2,(H,22,23)/t9-,12+/m1/s1. The summed E-state index contributed by atoms with van der Waals surface area (Å²) in [6.07, 6.45) is -3.96. The third kappa shape index (κ3) is 2.53. The minimum atomic E-state index is -4.56. The van der Waals surface area contributed by atoms with Crippen LogP contribution in [-0.4, -0.2) is 33.8 Å². The highest BCUT2D eigenvalue weighted by atomic mass is 19.4. The normalized spacial score (nSPS) is 21.6. The maximum absolute atomic E-state index is 13.5. The zero-order valence-electron chi connectivity index (χ0n) is 12.6. The van der Waals surface area contributed by atoms with Crippen LogP contribution in [0.3, 0.4) is 0 Å². The number of hydrogen-bond donors (Lipinski definition) is 2. The van der Waals surface area contributed by atoms with Crippen LogP contribution in [-0.2, 0) is 0 Å². The summed E-state index contributed by atoms with van der Waals surface area (Å²) in [4.78, 5) is 11.3. The summed E-state index contributed by atoms with van der Waals surface area (Å²) in [5, 5.41) is 15.7. The van der Waals surface area contributed by atoms with Gasteiger partial charge in [-0.25, -0.2) is 9.48 Å². The van der Waals surface area contributed by atoms with Crippen molar-refractivity contribution in [1.82, 2.24) is 9.78 Å². The average molecular weight is 355 g/mol. The molecule has 2 aliphatic heterocycles. The molecule has 0 fully saturated rings. The van der Waals surface area contributed by atoms with Crippen molar-refractivity contribution in [2.45, 2.75) is 24.7 Å². The van der Waals surface area contributed by atoms with E-state index in [2.05, 4.69) is 10.4 Å². The summed E-state index contributed by atoms with van der Waals surface area (Å²) in [5.74, 6) is -0.548. The number of anilines is 1. The molecule has 7 nitrogen and oxygen atoms in total. The summed E-state index contributed by atoms with van der Waals surface area (Å²) in [7, 11) is 0. The van der Waals surface area contributed by atoms with Crippen LogP contribution in [0.5, 0.6) is 11.5 Å². The number of nitrogens with one attached hydrogen (secondary N) is 1.